The minimum atomic E-state index is 0.164. The van der Waals surface area contributed by atoms with Crippen LogP contribution in [0.1, 0.15) is 57.4 Å². The number of hydrogen-bond donors (Lipinski definition) is 1. The number of unbranched alkanes of at least 4 members (excludes halogenated alkanes) is 1. The third-order valence-electron chi connectivity index (χ3n) is 5.55. The molecule has 27 heavy (non-hydrogen) atoms. The van der Waals surface area contributed by atoms with E-state index < -0.39 is 0 Å². The number of carbonyl (C=O) groups is 1. The second kappa shape index (κ2) is 10.1. The zero-order valence-electron chi connectivity index (χ0n) is 16.3. The number of nitrogens with one attached hydrogen (secondary N) is 1. The maximum Gasteiger partial charge on any atom is 0.227 e. The molecule has 0 atom stereocenters. The summed E-state index contributed by atoms with van der Waals surface area (Å²) in [5.74, 6) is 1.97. The Morgan fingerprint density at radius 2 is 1.70 bits per heavy atom. The Balaban J connectivity index is 1.43. The average Bonchev–Trinajstić information content (AvgIpc) is 2.73. The first-order chi connectivity index (χ1) is 13.2. The molecule has 1 amide bonds. The Kier molecular flexibility index (Phi) is 7.32. The van der Waals surface area contributed by atoms with Crippen LogP contribution in [0.2, 0.25) is 0 Å². The highest BCUT2D eigenvalue weighted by Crippen LogP contribution is 2.32. The first-order valence-corrected chi connectivity index (χ1v) is 10.3. The molecular weight excluding hydrogens is 334 g/mol. The second-order valence-electron chi connectivity index (χ2n) is 7.65. The Morgan fingerprint density at radius 1 is 1.00 bits per heavy atom. The van der Waals surface area contributed by atoms with Crippen LogP contribution in [0.25, 0.3) is 0 Å². The summed E-state index contributed by atoms with van der Waals surface area (Å²) in [6, 6.07) is 17.8. The Labute approximate surface area is 163 Å². The highest BCUT2D eigenvalue weighted by Gasteiger charge is 2.25. The van der Waals surface area contributed by atoms with Gasteiger partial charge in [-0.2, -0.15) is 0 Å². The number of ether oxygens (including phenoxy) is 1. The van der Waals surface area contributed by atoms with Crippen molar-refractivity contribution in [2.45, 2.75) is 58.5 Å². The standard InChI is InChI=1S/C24H31NO2/c1-2-3-7-19-10-12-21(13-11-19)24(26)25-22-14-16-23(17-15-22)27-18-20-8-5-4-6-9-20/h4-6,8-9,14-17,19,21H,2-3,7,10-13,18H2,1H3,(H,25,26). The van der Waals surface area contributed by atoms with E-state index in [0.717, 1.165) is 35.8 Å². The summed E-state index contributed by atoms with van der Waals surface area (Å²) in [7, 11) is 0. The lowest BCUT2D eigenvalue weighted by molar-refractivity contribution is -0.121. The maximum atomic E-state index is 12.5. The lowest BCUT2D eigenvalue weighted by Crippen LogP contribution is -2.27. The van der Waals surface area contributed by atoms with Gasteiger partial charge in [-0.1, -0.05) is 56.5 Å². The Morgan fingerprint density at radius 3 is 2.37 bits per heavy atom. The summed E-state index contributed by atoms with van der Waals surface area (Å²) in [6.45, 7) is 2.80. The van der Waals surface area contributed by atoms with Gasteiger partial charge in [0.2, 0.25) is 5.91 Å². The van der Waals surface area contributed by atoms with Crippen molar-refractivity contribution in [1.29, 1.82) is 0 Å². The summed E-state index contributed by atoms with van der Waals surface area (Å²) in [4.78, 5) is 12.5. The summed E-state index contributed by atoms with van der Waals surface area (Å²) in [6.07, 6.45) is 8.37. The highest BCUT2D eigenvalue weighted by atomic mass is 16.5. The summed E-state index contributed by atoms with van der Waals surface area (Å²) < 4.78 is 5.80. The molecule has 3 heteroatoms. The van der Waals surface area contributed by atoms with E-state index in [2.05, 4.69) is 12.2 Å². The van der Waals surface area contributed by atoms with Crippen molar-refractivity contribution in [3.8, 4) is 5.75 Å². The zero-order valence-corrected chi connectivity index (χ0v) is 16.3. The molecule has 144 valence electrons. The normalized spacial score (nSPS) is 19.4. The SMILES string of the molecule is CCCCC1CCC(C(=O)Nc2ccc(OCc3ccccc3)cc2)CC1. The largest absolute Gasteiger partial charge is 0.489 e. The number of anilines is 1. The van der Waals surface area contributed by atoms with Gasteiger partial charge in [-0.05, 0) is 61.4 Å². The van der Waals surface area contributed by atoms with E-state index in [0.29, 0.717) is 6.61 Å². The van der Waals surface area contributed by atoms with E-state index in [1.165, 1.54) is 32.1 Å². The molecule has 0 aliphatic heterocycles. The Hall–Kier alpha value is -2.29. The molecule has 3 rings (SSSR count). The molecule has 0 aromatic heterocycles. The molecule has 1 fully saturated rings. The van der Waals surface area contributed by atoms with Crippen LogP contribution in [-0.2, 0) is 11.4 Å². The quantitative estimate of drug-likeness (QED) is 0.605. The number of rotatable bonds is 8. The molecule has 0 radical (unpaired) electrons. The van der Waals surface area contributed by atoms with Gasteiger partial charge in [0, 0.05) is 11.6 Å². The van der Waals surface area contributed by atoms with Crippen LogP contribution in [-0.4, -0.2) is 5.91 Å². The van der Waals surface area contributed by atoms with E-state index in [9.17, 15) is 4.79 Å². The molecule has 1 N–H and O–H groups in total. The Bertz CT molecular complexity index is 688. The van der Waals surface area contributed by atoms with E-state index in [-0.39, 0.29) is 11.8 Å². The molecule has 2 aromatic carbocycles. The van der Waals surface area contributed by atoms with Gasteiger partial charge in [-0.15, -0.1) is 0 Å². The molecule has 1 saturated carbocycles. The summed E-state index contributed by atoms with van der Waals surface area (Å²) in [5, 5.41) is 3.08. The van der Waals surface area contributed by atoms with Crippen molar-refractivity contribution in [2.24, 2.45) is 11.8 Å². The van der Waals surface area contributed by atoms with Gasteiger partial charge >= 0.3 is 0 Å². The number of carbonyl (C=O) groups excluding carboxylic acids is 1. The van der Waals surface area contributed by atoms with Crippen molar-refractivity contribution < 1.29 is 9.53 Å². The predicted molar refractivity (Wildman–Crippen MR) is 111 cm³/mol. The van der Waals surface area contributed by atoms with Crippen LogP contribution in [0, 0.1) is 11.8 Å². The first-order valence-electron chi connectivity index (χ1n) is 10.3. The molecule has 1 aliphatic carbocycles. The van der Waals surface area contributed by atoms with Gasteiger partial charge in [-0.25, -0.2) is 0 Å². The molecular formula is C24H31NO2. The topological polar surface area (TPSA) is 38.3 Å². The van der Waals surface area contributed by atoms with Crippen molar-refractivity contribution in [2.75, 3.05) is 5.32 Å². The molecule has 2 aromatic rings. The van der Waals surface area contributed by atoms with Crippen LogP contribution in [0.4, 0.5) is 5.69 Å². The van der Waals surface area contributed by atoms with Crippen LogP contribution in [0.5, 0.6) is 5.75 Å². The lowest BCUT2D eigenvalue weighted by atomic mass is 9.79. The molecule has 0 bridgehead atoms. The monoisotopic (exact) mass is 365 g/mol. The van der Waals surface area contributed by atoms with Crippen LogP contribution in [0.3, 0.4) is 0 Å². The van der Waals surface area contributed by atoms with Gasteiger partial charge in [0.25, 0.3) is 0 Å². The van der Waals surface area contributed by atoms with Gasteiger partial charge in [0.05, 0.1) is 0 Å². The van der Waals surface area contributed by atoms with E-state index in [1.54, 1.807) is 0 Å². The number of hydrogen-bond acceptors (Lipinski definition) is 2. The van der Waals surface area contributed by atoms with Crippen molar-refractivity contribution in [3.63, 3.8) is 0 Å². The van der Waals surface area contributed by atoms with Crippen LogP contribution in [0.15, 0.2) is 54.6 Å². The van der Waals surface area contributed by atoms with Crippen molar-refractivity contribution in [1.82, 2.24) is 0 Å². The minimum absolute atomic E-state index is 0.164. The molecule has 3 nitrogen and oxygen atoms in total. The van der Waals surface area contributed by atoms with Crippen LogP contribution >= 0.6 is 0 Å². The molecule has 0 saturated heterocycles. The fraction of sp³-hybridized carbons (Fsp3) is 0.458. The third kappa shape index (κ3) is 6.13. The van der Waals surface area contributed by atoms with E-state index in [1.807, 2.05) is 54.6 Å². The smallest absolute Gasteiger partial charge is 0.227 e. The lowest BCUT2D eigenvalue weighted by Gasteiger charge is -2.27. The number of amides is 1. The fourth-order valence-corrected chi connectivity index (χ4v) is 3.83. The van der Waals surface area contributed by atoms with Gasteiger partial charge in [-0.3, -0.25) is 4.79 Å². The molecule has 0 spiro atoms. The zero-order chi connectivity index (χ0) is 18.9. The van der Waals surface area contributed by atoms with Gasteiger partial charge < -0.3 is 10.1 Å². The molecule has 0 heterocycles. The highest BCUT2D eigenvalue weighted by molar-refractivity contribution is 5.92. The predicted octanol–water partition coefficient (Wildman–Crippen LogP) is 6.20. The summed E-state index contributed by atoms with van der Waals surface area (Å²) in [5.41, 5.74) is 1.99. The van der Waals surface area contributed by atoms with E-state index in [4.69, 9.17) is 4.74 Å². The van der Waals surface area contributed by atoms with E-state index >= 15 is 0 Å². The fourth-order valence-electron chi connectivity index (χ4n) is 3.83. The third-order valence-corrected chi connectivity index (χ3v) is 5.55. The first kappa shape index (κ1) is 19.5. The van der Waals surface area contributed by atoms with Gasteiger partial charge in [0.15, 0.2) is 0 Å². The summed E-state index contributed by atoms with van der Waals surface area (Å²) >= 11 is 0. The second-order valence-corrected chi connectivity index (χ2v) is 7.65. The van der Waals surface area contributed by atoms with Crippen LogP contribution < -0.4 is 10.1 Å². The van der Waals surface area contributed by atoms with Crippen molar-refractivity contribution in [3.05, 3.63) is 60.2 Å². The molecule has 1 aliphatic rings. The minimum Gasteiger partial charge on any atom is -0.489 e. The van der Waals surface area contributed by atoms with Crippen molar-refractivity contribution >= 4 is 11.6 Å². The molecule has 0 unspecified atom stereocenters. The average molecular weight is 366 g/mol. The number of benzene rings is 2. The maximum absolute atomic E-state index is 12.5. The van der Waals surface area contributed by atoms with Gasteiger partial charge in [0.1, 0.15) is 12.4 Å².